The molecule has 1 heterocycles. The summed E-state index contributed by atoms with van der Waals surface area (Å²) in [5, 5.41) is 0. The monoisotopic (exact) mass is 738 g/mol. The molecule has 1 saturated heterocycles. The number of fused-ring (bicyclic) bond motifs is 2. The van der Waals surface area contributed by atoms with Gasteiger partial charge in [-0.3, -0.25) is 4.79 Å². The third kappa shape index (κ3) is 19.2. The average molecular weight is 738 g/mol. The van der Waals surface area contributed by atoms with Crippen molar-refractivity contribution < 1.29 is 33.2 Å². The number of unbranched alkanes of at least 4 members (excludes halogenated alkanes) is 14. The summed E-state index contributed by atoms with van der Waals surface area (Å²) in [7, 11) is 0. The molecule has 0 bridgehead atoms. The van der Waals surface area contributed by atoms with Gasteiger partial charge in [0.25, 0.3) is 0 Å². The number of nitrogens with zero attached hydrogens (tertiary/aromatic N) is 1. The topological polar surface area (TPSA) is 75.7 Å². The first-order chi connectivity index (χ1) is 25.6. The minimum atomic E-state index is -0.697. The van der Waals surface area contributed by atoms with Gasteiger partial charge in [0.15, 0.2) is 0 Å². The Balaban J connectivity index is 1.66. The highest BCUT2D eigenvalue weighted by Gasteiger charge is 2.38. The minimum absolute atomic E-state index is 0.0170. The van der Waals surface area contributed by atoms with Crippen molar-refractivity contribution in [3.63, 3.8) is 0 Å². The Kier molecular flexibility index (Phi) is 25.9. The Morgan fingerprint density at radius 1 is 0.538 bits per heavy atom. The Labute approximate surface area is 320 Å². The molecule has 2 saturated carbocycles. The molecule has 0 aromatic carbocycles. The van der Waals surface area contributed by atoms with Crippen molar-refractivity contribution in [2.45, 2.75) is 218 Å². The molecule has 0 N–H and O–H groups in total. The molecule has 306 valence electrons. The number of hydrogen-bond donors (Lipinski definition) is 0. The Morgan fingerprint density at radius 2 is 0.942 bits per heavy atom. The molecule has 0 aromatic rings. The van der Waals surface area contributed by atoms with Crippen molar-refractivity contribution >= 4 is 5.91 Å². The normalized spacial score (nSPS) is 26.8. The number of rotatable bonds is 23. The molecule has 0 spiro atoms. The van der Waals surface area contributed by atoms with Crippen LogP contribution in [0.3, 0.4) is 0 Å². The van der Waals surface area contributed by atoms with Crippen molar-refractivity contribution in [2.75, 3.05) is 59.3 Å². The lowest BCUT2D eigenvalue weighted by Crippen LogP contribution is -2.50. The lowest BCUT2D eigenvalue weighted by Gasteiger charge is -2.40. The first-order valence-corrected chi connectivity index (χ1v) is 22.6. The van der Waals surface area contributed by atoms with Gasteiger partial charge in [-0.1, -0.05) is 143 Å². The van der Waals surface area contributed by atoms with Crippen LogP contribution in [0.25, 0.3) is 0 Å². The van der Waals surface area contributed by atoms with Crippen LogP contribution in [0.2, 0.25) is 0 Å². The van der Waals surface area contributed by atoms with Crippen LogP contribution in [-0.2, 0) is 33.2 Å². The predicted octanol–water partition coefficient (Wildman–Crippen LogP) is 10.4. The summed E-state index contributed by atoms with van der Waals surface area (Å²) in [5.74, 6) is 0.117. The molecule has 4 unspecified atom stereocenters. The van der Waals surface area contributed by atoms with Crippen LogP contribution in [0.1, 0.15) is 188 Å². The summed E-state index contributed by atoms with van der Waals surface area (Å²) in [6, 6.07) is 0. The van der Waals surface area contributed by atoms with Gasteiger partial charge in [-0.25, -0.2) is 0 Å². The molecule has 52 heavy (non-hydrogen) atoms. The van der Waals surface area contributed by atoms with Crippen molar-refractivity contribution in [3.8, 4) is 0 Å². The highest BCUT2D eigenvalue weighted by Crippen LogP contribution is 2.30. The molecular formula is C44H83NO7. The Hall–Kier alpha value is -0.770. The zero-order valence-corrected chi connectivity index (χ0v) is 34.4. The van der Waals surface area contributed by atoms with E-state index in [1.54, 1.807) is 0 Å². The highest BCUT2D eigenvalue weighted by atomic mass is 16.6. The Morgan fingerprint density at radius 3 is 1.37 bits per heavy atom. The van der Waals surface area contributed by atoms with E-state index in [1.807, 2.05) is 0 Å². The van der Waals surface area contributed by atoms with E-state index in [2.05, 4.69) is 25.7 Å². The predicted molar refractivity (Wildman–Crippen MR) is 212 cm³/mol. The van der Waals surface area contributed by atoms with Gasteiger partial charge in [-0.2, -0.15) is 0 Å². The van der Waals surface area contributed by atoms with Crippen molar-refractivity contribution in [1.29, 1.82) is 0 Å². The molecule has 8 heteroatoms. The third-order valence-corrected chi connectivity index (χ3v) is 11.6. The molecule has 1 amide bonds. The van der Waals surface area contributed by atoms with E-state index < -0.39 is 5.60 Å². The lowest BCUT2D eigenvalue weighted by molar-refractivity contribution is -0.198. The van der Waals surface area contributed by atoms with Crippen LogP contribution < -0.4 is 0 Å². The van der Waals surface area contributed by atoms with Gasteiger partial charge in [-0.05, 0) is 44.9 Å². The van der Waals surface area contributed by atoms with E-state index in [9.17, 15) is 4.79 Å². The van der Waals surface area contributed by atoms with Crippen LogP contribution in [0.4, 0.5) is 0 Å². The van der Waals surface area contributed by atoms with Crippen LogP contribution in [0.15, 0.2) is 0 Å². The molecule has 4 atom stereocenters. The number of hydrogen-bond acceptors (Lipinski definition) is 7. The maximum Gasteiger partial charge on any atom is 0.248 e. The number of carbonyl (C=O) groups excluding carboxylic acids is 1. The maximum atomic E-state index is 14.1. The second kappa shape index (κ2) is 29.5. The number of carbonyl (C=O) groups is 1. The SMILES string of the molecule is CCCCCCCCCCN(CCCCCCCCCC)C(=O)COC1(CCC)COC2CCCCC2OCCOCCOC2CCCCC2OC1. The fourth-order valence-corrected chi connectivity index (χ4v) is 8.36. The summed E-state index contributed by atoms with van der Waals surface area (Å²) >= 11 is 0. The van der Waals surface area contributed by atoms with Crippen molar-refractivity contribution in [3.05, 3.63) is 0 Å². The summed E-state index contributed by atoms with van der Waals surface area (Å²) in [5.41, 5.74) is -0.697. The zero-order valence-electron chi connectivity index (χ0n) is 34.4. The average Bonchev–Trinajstić information content (AvgIpc) is 3.16. The van der Waals surface area contributed by atoms with Crippen LogP contribution in [0, 0.1) is 0 Å². The quantitative estimate of drug-likeness (QED) is 0.0967. The third-order valence-electron chi connectivity index (χ3n) is 11.6. The molecule has 1 aliphatic heterocycles. The van der Waals surface area contributed by atoms with E-state index in [0.29, 0.717) is 39.6 Å². The van der Waals surface area contributed by atoms with E-state index in [0.717, 1.165) is 90.1 Å². The van der Waals surface area contributed by atoms with Gasteiger partial charge < -0.3 is 33.3 Å². The second-order valence-corrected chi connectivity index (χ2v) is 16.3. The molecule has 0 radical (unpaired) electrons. The van der Waals surface area contributed by atoms with Gasteiger partial charge in [-0.15, -0.1) is 0 Å². The van der Waals surface area contributed by atoms with E-state index in [1.165, 1.54) is 89.9 Å². The van der Waals surface area contributed by atoms with Crippen LogP contribution >= 0.6 is 0 Å². The van der Waals surface area contributed by atoms with Crippen molar-refractivity contribution in [1.82, 2.24) is 4.90 Å². The van der Waals surface area contributed by atoms with E-state index >= 15 is 0 Å². The fourth-order valence-electron chi connectivity index (χ4n) is 8.36. The largest absolute Gasteiger partial charge is 0.377 e. The van der Waals surface area contributed by atoms with E-state index in [-0.39, 0.29) is 36.9 Å². The summed E-state index contributed by atoms with van der Waals surface area (Å²) < 4.78 is 38.9. The summed E-state index contributed by atoms with van der Waals surface area (Å²) in [4.78, 5) is 16.2. The first kappa shape index (κ1) is 45.6. The molecule has 2 aliphatic carbocycles. The second-order valence-electron chi connectivity index (χ2n) is 16.3. The van der Waals surface area contributed by atoms with Crippen LogP contribution in [-0.4, -0.2) is 100 Å². The molecular weight excluding hydrogens is 654 g/mol. The van der Waals surface area contributed by atoms with Gasteiger partial charge in [0.05, 0.1) is 64.1 Å². The standard InChI is InChI=1S/C44H83NO7/c1-4-7-9-11-13-15-17-23-30-45(31-24-18-16-14-12-10-8-5-2)43(46)36-52-44(29-6-3)37-50-41-27-21-19-25-39(41)48-34-32-47-33-35-49-40-26-20-22-28-42(40)51-38-44/h39-42H,4-38H2,1-3H3. The number of ether oxygens (including phenoxy) is 6. The van der Waals surface area contributed by atoms with Crippen molar-refractivity contribution in [2.24, 2.45) is 0 Å². The highest BCUT2D eigenvalue weighted by molar-refractivity contribution is 5.77. The van der Waals surface area contributed by atoms with Gasteiger partial charge in [0.2, 0.25) is 5.91 Å². The Bertz CT molecular complexity index is 806. The smallest absolute Gasteiger partial charge is 0.248 e. The lowest BCUT2D eigenvalue weighted by atomic mass is 9.93. The van der Waals surface area contributed by atoms with Crippen LogP contribution in [0.5, 0.6) is 0 Å². The maximum absolute atomic E-state index is 14.1. The zero-order chi connectivity index (χ0) is 37.0. The summed E-state index contributed by atoms with van der Waals surface area (Å²) in [6.45, 7) is 11.6. The fraction of sp³-hybridized carbons (Fsp3) is 0.977. The summed E-state index contributed by atoms with van der Waals surface area (Å²) in [6.07, 6.45) is 30.7. The molecule has 3 fully saturated rings. The van der Waals surface area contributed by atoms with Gasteiger partial charge in [0.1, 0.15) is 12.2 Å². The molecule has 0 aromatic heterocycles. The van der Waals surface area contributed by atoms with Gasteiger partial charge >= 0.3 is 0 Å². The minimum Gasteiger partial charge on any atom is -0.377 e. The number of amides is 1. The van der Waals surface area contributed by atoms with E-state index in [4.69, 9.17) is 28.4 Å². The molecule has 8 nitrogen and oxygen atoms in total. The molecule has 3 aliphatic rings. The first-order valence-electron chi connectivity index (χ1n) is 22.6. The molecule has 3 rings (SSSR count). The van der Waals surface area contributed by atoms with Gasteiger partial charge in [0, 0.05) is 13.1 Å².